The van der Waals surface area contributed by atoms with Crippen molar-refractivity contribution in [3.63, 3.8) is 0 Å². The highest BCUT2D eigenvalue weighted by molar-refractivity contribution is 5.77. The molecular formula is C30H34N8O2. The Morgan fingerprint density at radius 3 is 2.77 bits per heavy atom. The lowest BCUT2D eigenvalue weighted by atomic mass is 9.90. The number of aliphatic hydroxyl groups is 1. The first kappa shape index (κ1) is 26.0. The number of aromatic nitrogens is 6. The first-order valence-corrected chi connectivity index (χ1v) is 13.7. The number of benzene rings is 2. The molecule has 0 radical (unpaired) electrons. The number of hydrogen-bond donors (Lipinski definition) is 5. The normalized spacial score (nSPS) is 19.8. The fraction of sp³-hybridized carbons (Fsp3) is 0.333. The van der Waals surface area contributed by atoms with Gasteiger partial charge in [0.15, 0.2) is 5.65 Å². The van der Waals surface area contributed by atoms with Crippen molar-refractivity contribution in [2.45, 2.75) is 50.3 Å². The van der Waals surface area contributed by atoms with Crippen LogP contribution in [0.2, 0.25) is 0 Å². The molecule has 0 aliphatic heterocycles. The molecule has 3 heterocycles. The molecule has 1 unspecified atom stereocenters. The van der Waals surface area contributed by atoms with E-state index in [2.05, 4.69) is 55.1 Å². The van der Waals surface area contributed by atoms with Crippen LogP contribution < -0.4 is 11.1 Å². The van der Waals surface area contributed by atoms with Crippen LogP contribution in [0.4, 0.5) is 5.82 Å². The molecule has 0 spiro atoms. The molecule has 1 saturated carbocycles. The summed E-state index contributed by atoms with van der Waals surface area (Å²) in [6.07, 6.45) is 6.97. The van der Waals surface area contributed by atoms with E-state index in [1.54, 1.807) is 12.1 Å². The average Bonchev–Trinajstić information content (AvgIpc) is 3.68. The molecule has 6 N–H and O–H groups in total. The molecular weight excluding hydrogens is 504 g/mol. The molecule has 0 bridgehead atoms. The van der Waals surface area contributed by atoms with Crippen LogP contribution in [-0.2, 0) is 13.0 Å². The zero-order valence-electron chi connectivity index (χ0n) is 22.2. The van der Waals surface area contributed by atoms with Crippen LogP contribution in [0.3, 0.4) is 0 Å². The number of pyridine rings is 1. The van der Waals surface area contributed by atoms with Crippen molar-refractivity contribution in [1.29, 1.82) is 0 Å². The summed E-state index contributed by atoms with van der Waals surface area (Å²) in [5.74, 6) is 0.842. The monoisotopic (exact) mass is 538 g/mol. The van der Waals surface area contributed by atoms with E-state index in [1.807, 2.05) is 41.3 Å². The molecule has 10 nitrogen and oxygen atoms in total. The summed E-state index contributed by atoms with van der Waals surface area (Å²) in [6.45, 7) is 1.29. The smallest absolute Gasteiger partial charge is 0.178 e. The van der Waals surface area contributed by atoms with Gasteiger partial charge in [-0.1, -0.05) is 47.7 Å². The van der Waals surface area contributed by atoms with Gasteiger partial charge in [0.25, 0.3) is 0 Å². The van der Waals surface area contributed by atoms with Crippen LogP contribution >= 0.6 is 0 Å². The third kappa shape index (κ3) is 5.83. The van der Waals surface area contributed by atoms with Crippen molar-refractivity contribution < 1.29 is 10.2 Å². The summed E-state index contributed by atoms with van der Waals surface area (Å²) in [4.78, 5) is 4.35. The standard InChI is InChI=1S/C30H34N8O2/c31-28-15-26(29-30(34-28)36-37-35-29)25(22-16-33-38(18-22)17-20-7-4-8-24(39)12-20)9-10-32-23-13-21(27(40)14-23)11-19-5-2-1-3-6-19/h1-8,12,15-16,18,21,23,25,27,32,39-40H,9-11,13-14,17H2,(H3,31,34,35,36,37)/t21-,23-,25?,27-/m1/s1. The first-order chi connectivity index (χ1) is 19.5. The van der Waals surface area contributed by atoms with Gasteiger partial charge in [-0.05, 0) is 78.6 Å². The molecule has 1 aliphatic rings. The van der Waals surface area contributed by atoms with E-state index in [0.717, 1.165) is 48.9 Å². The van der Waals surface area contributed by atoms with Crippen molar-refractivity contribution in [2.75, 3.05) is 12.3 Å². The summed E-state index contributed by atoms with van der Waals surface area (Å²) in [5.41, 5.74) is 11.6. The highest BCUT2D eigenvalue weighted by Crippen LogP contribution is 2.33. The Morgan fingerprint density at radius 2 is 1.93 bits per heavy atom. The minimum absolute atomic E-state index is 0.0465. The minimum Gasteiger partial charge on any atom is -0.508 e. The maximum Gasteiger partial charge on any atom is 0.178 e. The Labute approximate surface area is 232 Å². The van der Waals surface area contributed by atoms with Crippen LogP contribution in [0, 0.1) is 5.92 Å². The lowest BCUT2D eigenvalue weighted by molar-refractivity contribution is 0.131. The van der Waals surface area contributed by atoms with E-state index < -0.39 is 0 Å². The maximum absolute atomic E-state index is 10.7. The van der Waals surface area contributed by atoms with E-state index in [0.29, 0.717) is 23.5 Å². The largest absolute Gasteiger partial charge is 0.508 e. The van der Waals surface area contributed by atoms with E-state index >= 15 is 0 Å². The molecule has 1 fully saturated rings. The fourth-order valence-corrected chi connectivity index (χ4v) is 5.98. The number of hydrogen-bond acceptors (Lipinski definition) is 8. The van der Waals surface area contributed by atoms with Gasteiger partial charge in [0.2, 0.25) is 0 Å². The van der Waals surface area contributed by atoms with Gasteiger partial charge in [0.1, 0.15) is 17.1 Å². The quantitative estimate of drug-likeness (QED) is 0.182. The average molecular weight is 539 g/mol. The van der Waals surface area contributed by atoms with E-state index in [-0.39, 0.29) is 29.7 Å². The first-order valence-electron chi connectivity index (χ1n) is 13.7. The second-order valence-corrected chi connectivity index (χ2v) is 10.8. The SMILES string of the molecule is Nc1cc(C(CCN[C@@H]2C[C@@H](Cc3ccccc3)[C@H](O)C2)c2cnn(Cc3cccc(O)c3)c2)c2nn[nH]c2n1. The van der Waals surface area contributed by atoms with Gasteiger partial charge in [-0.15, -0.1) is 5.10 Å². The third-order valence-corrected chi connectivity index (χ3v) is 7.90. The lowest BCUT2D eigenvalue weighted by Crippen LogP contribution is -2.29. The van der Waals surface area contributed by atoms with Gasteiger partial charge in [-0.2, -0.15) is 5.10 Å². The summed E-state index contributed by atoms with van der Waals surface area (Å²) in [5, 5.41) is 40.0. The number of anilines is 1. The van der Waals surface area contributed by atoms with Crippen LogP contribution in [0.5, 0.6) is 5.75 Å². The Kier molecular flexibility index (Phi) is 7.43. The van der Waals surface area contributed by atoms with E-state index in [9.17, 15) is 10.2 Å². The number of fused-ring (bicyclic) bond motifs is 1. The van der Waals surface area contributed by atoms with Crippen molar-refractivity contribution in [1.82, 2.24) is 35.5 Å². The number of nitrogens with zero attached hydrogens (tertiary/aromatic N) is 5. The Morgan fingerprint density at radius 1 is 1.07 bits per heavy atom. The predicted octanol–water partition coefficient (Wildman–Crippen LogP) is 3.38. The summed E-state index contributed by atoms with van der Waals surface area (Å²) in [7, 11) is 0. The number of nitrogen functional groups attached to an aromatic ring is 1. The summed E-state index contributed by atoms with van der Waals surface area (Å²) in [6, 6.07) is 19.7. The van der Waals surface area contributed by atoms with Gasteiger partial charge in [0.05, 0.1) is 18.8 Å². The maximum atomic E-state index is 10.7. The number of aliphatic hydroxyl groups excluding tert-OH is 1. The Hall–Kier alpha value is -4.28. The molecule has 4 atom stereocenters. The number of rotatable bonds is 10. The van der Waals surface area contributed by atoms with Crippen molar-refractivity contribution in [2.24, 2.45) is 5.92 Å². The van der Waals surface area contributed by atoms with Gasteiger partial charge in [-0.3, -0.25) is 4.68 Å². The molecule has 5 aromatic rings. The molecule has 6 rings (SSSR count). The number of aromatic amines is 1. The van der Waals surface area contributed by atoms with Crippen LogP contribution in [0.1, 0.15) is 47.4 Å². The van der Waals surface area contributed by atoms with Crippen LogP contribution in [0.25, 0.3) is 11.2 Å². The van der Waals surface area contributed by atoms with Gasteiger partial charge in [-0.25, -0.2) is 10.1 Å². The van der Waals surface area contributed by atoms with Gasteiger partial charge >= 0.3 is 0 Å². The topological polar surface area (TPSA) is 151 Å². The Bertz CT molecular complexity index is 1570. The lowest BCUT2D eigenvalue weighted by Gasteiger charge is -2.19. The molecule has 1 aliphatic carbocycles. The van der Waals surface area contributed by atoms with Gasteiger partial charge < -0.3 is 21.3 Å². The van der Waals surface area contributed by atoms with E-state index in [4.69, 9.17) is 5.73 Å². The second-order valence-electron chi connectivity index (χ2n) is 10.8. The number of nitrogens with two attached hydrogens (primary N) is 1. The molecule has 206 valence electrons. The molecule has 40 heavy (non-hydrogen) atoms. The fourth-order valence-electron chi connectivity index (χ4n) is 5.98. The molecule has 0 amide bonds. The zero-order chi connectivity index (χ0) is 27.5. The molecule has 10 heteroatoms. The number of nitrogens with one attached hydrogen (secondary N) is 2. The molecule has 2 aromatic carbocycles. The van der Waals surface area contributed by atoms with Gasteiger partial charge in [0, 0.05) is 18.2 Å². The zero-order valence-corrected chi connectivity index (χ0v) is 22.2. The number of phenolic OH excluding ortho intramolecular Hbond substituents is 1. The summed E-state index contributed by atoms with van der Waals surface area (Å²) >= 11 is 0. The van der Waals surface area contributed by atoms with Crippen molar-refractivity contribution in [3.05, 3.63) is 95.3 Å². The predicted molar refractivity (Wildman–Crippen MR) is 153 cm³/mol. The second kappa shape index (κ2) is 11.4. The number of aromatic hydroxyl groups is 1. The number of phenols is 1. The van der Waals surface area contributed by atoms with Crippen molar-refractivity contribution >= 4 is 17.0 Å². The summed E-state index contributed by atoms with van der Waals surface area (Å²) < 4.78 is 1.87. The molecule has 0 saturated heterocycles. The van der Waals surface area contributed by atoms with Crippen LogP contribution in [0.15, 0.2) is 73.1 Å². The minimum atomic E-state index is -0.307. The number of H-pyrrole nitrogens is 1. The Balaban J connectivity index is 1.18. The third-order valence-electron chi connectivity index (χ3n) is 7.90. The highest BCUT2D eigenvalue weighted by atomic mass is 16.3. The van der Waals surface area contributed by atoms with Crippen molar-refractivity contribution in [3.8, 4) is 5.75 Å². The van der Waals surface area contributed by atoms with E-state index in [1.165, 1.54) is 5.56 Å². The van der Waals surface area contributed by atoms with Crippen LogP contribution in [-0.4, -0.2) is 59.1 Å². The highest BCUT2D eigenvalue weighted by Gasteiger charge is 2.33. The molecule has 3 aromatic heterocycles.